The molecule has 0 aromatic heterocycles. The molecule has 0 aliphatic carbocycles. The van der Waals surface area contributed by atoms with Crippen LogP contribution in [0.4, 0.5) is 0 Å². The summed E-state index contributed by atoms with van der Waals surface area (Å²) in [5.41, 5.74) is 0.945. The van der Waals surface area contributed by atoms with Crippen molar-refractivity contribution in [3.05, 3.63) is 28.2 Å². The van der Waals surface area contributed by atoms with Gasteiger partial charge in [0.25, 0.3) is 0 Å². The Morgan fingerprint density at radius 3 is 2.57 bits per heavy atom. The van der Waals surface area contributed by atoms with Gasteiger partial charge in [-0.1, -0.05) is 13.0 Å². The zero-order valence-corrected chi connectivity index (χ0v) is 15.4. The van der Waals surface area contributed by atoms with Crippen molar-refractivity contribution in [2.45, 2.75) is 31.3 Å². The van der Waals surface area contributed by atoms with E-state index >= 15 is 0 Å². The first-order valence-electron chi connectivity index (χ1n) is 6.92. The van der Waals surface area contributed by atoms with E-state index in [2.05, 4.69) is 26.0 Å². The number of hydrogen-bond acceptors (Lipinski definition) is 4. The molecule has 2 N–H and O–H groups in total. The normalized spacial score (nSPS) is 13.6. The number of hydrogen-bond donors (Lipinski definition) is 2. The minimum atomic E-state index is -3.53. The summed E-state index contributed by atoms with van der Waals surface area (Å²) in [6.07, 6.45) is 0. The molecule has 0 spiro atoms. The molecule has 120 valence electrons. The first kappa shape index (κ1) is 18.6. The van der Waals surface area contributed by atoms with E-state index < -0.39 is 10.0 Å². The predicted octanol–water partition coefficient (Wildman–Crippen LogP) is 1.79. The summed E-state index contributed by atoms with van der Waals surface area (Å²) in [6.45, 7) is 6.01. The van der Waals surface area contributed by atoms with Gasteiger partial charge in [0.2, 0.25) is 10.0 Å². The summed E-state index contributed by atoms with van der Waals surface area (Å²) >= 11 is 3.33. The van der Waals surface area contributed by atoms with Gasteiger partial charge in [0.05, 0.1) is 4.90 Å². The third-order valence-electron chi connectivity index (χ3n) is 2.86. The van der Waals surface area contributed by atoms with Crippen molar-refractivity contribution in [3.8, 4) is 0 Å². The number of nitrogens with zero attached hydrogens (tertiary/aromatic N) is 1. The standard InChI is InChI=1S/C14H24BrN3O2S/c1-5-16-9-12-6-7-13(15)14(8-12)21(19,20)17-11(2)10-18(3)4/h6-8,11,16-17H,5,9-10H2,1-4H3. The third kappa shape index (κ3) is 6.04. The summed E-state index contributed by atoms with van der Waals surface area (Å²) in [4.78, 5) is 2.23. The van der Waals surface area contributed by atoms with Crippen LogP contribution in [0, 0.1) is 0 Å². The fourth-order valence-electron chi connectivity index (χ4n) is 2.05. The van der Waals surface area contributed by atoms with E-state index in [4.69, 9.17) is 0 Å². The Morgan fingerprint density at radius 1 is 1.33 bits per heavy atom. The predicted molar refractivity (Wildman–Crippen MR) is 89.9 cm³/mol. The van der Waals surface area contributed by atoms with Gasteiger partial charge in [0, 0.05) is 23.6 Å². The van der Waals surface area contributed by atoms with Crippen molar-refractivity contribution in [2.24, 2.45) is 0 Å². The van der Waals surface area contributed by atoms with Crippen molar-refractivity contribution in [3.63, 3.8) is 0 Å². The first-order chi connectivity index (χ1) is 9.76. The molecule has 0 amide bonds. The molecule has 0 aliphatic heterocycles. The average Bonchev–Trinajstić information content (AvgIpc) is 2.35. The van der Waals surface area contributed by atoms with Gasteiger partial charge < -0.3 is 10.2 Å². The summed E-state index contributed by atoms with van der Waals surface area (Å²) < 4.78 is 28.3. The Labute approximate surface area is 136 Å². The number of rotatable bonds is 8. The van der Waals surface area contributed by atoms with Gasteiger partial charge in [-0.3, -0.25) is 0 Å². The molecule has 0 saturated heterocycles. The Morgan fingerprint density at radius 2 is 2.00 bits per heavy atom. The van der Waals surface area contributed by atoms with Crippen LogP contribution in [0.15, 0.2) is 27.6 Å². The lowest BCUT2D eigenvalue weighted by atomic mass is 10.2. The Hall–Kier alpha value is -0.470. The number of benzene rings is 1. The Balaban J connectivity index is 2.96. The molecule has 1 rings (SSSR count). The summed E-state index contributed by atoms with van der Waals surface area (Å²) in [5.74, 6) is 0. The van der Waals surface area contributed by atoms with E-state index in [9.17, 15) is 8.42 Å². The van der Waals surface area contributed by atoms with E-state index in [1.54, 1.807) is 12.1 Å². The smallest absolute Gasteiger partial charge is 0.241 e. The van der Waals surface area contributed by atoms with Crippen LogP contribution in [0.2, 0.25) is 0 Å². The van der Waals surface area contributed by atoms with E-state index in [-0.39, 0.29) is 10.9 Å². The van der Waals surface area contributed by atoms with Crippen LogP contribution < -0.4 is 10.0 Å². The number of nitrogens with one attached hydrogen (secondary N) is 2. The summed E-state index contributed by atoms with van der Waals surface area (Å²) in [6, 6.07) is 5.24. The molecular weight excluding hydrogens is 354 g/mol. The van der Waals surface area contributed by atoms with E-state index in [1.807, 2.05) is 38.9 Å². The van der Waals surface area contributed by atoms with Gasteiger partial charge in [-0.05, 0) is 61.2 Å². The fourth-order valence-corrected chi connectivity index (χ4v) is 4.29. The zero-order valence-electron chi connectivity index (χ0n) is 13.0. The maximum Gasteiger partial charge on any atom is 0.241 e. The topological polar surface area (TPSA) is 61.4 Å². The molecule has 0 radical (unpaired) electrons. The summed E-state index contributed by atoms with van der Waals surface area (Å²) in [5, 5.41) is 3.19. The lowest BCUT2D eigenvalue weighted by Crippen LogP contribution is -2.39. The molecule has 0 heterocycles. The van der Waals surface area contributed by atoms with Crippen LogP contribution >= 0.6 is 15.9 Å². The Kier molecular flexibility index (Phi) is 7.29. The highest BCUT2D eigenvalue weighted by Gasteiger charge is 2.20. The van der Waals surface area contributed by atoms with Crippen LogP contribution in [0.3, 0.4) is 0 Å². The molecule has 0 saturated carbocycles. The number of sulfonamides is 1. The molecule has 1 atom stereocenters. The second kappa shape index (κ2) is 8.24. The molecule has 7 heteroatoms. The minimum absolute atomic E-state index is 0.158. The molecule has 1 unspecified atom stereocenters. The molecule has 0 fully saturated rings. The highest BCUT2D eigenvalue weighted by Crippen LogP contribution is 2.23. The van der Waals surface area contributed by atoms with Gasteiger partial charge in [-0.2, -0.15) is 0 Å². The SMILES string of the molecule is CCNCc1ccc(Br)c(S(=O)(=O)NC(C)CN(C)C)c1. The van der Waals surface area contributed by atoms with E-state index in [0.29, 0.717) is 17.6 Å². The third-order valence-corrected chi connectivity index (χ3v) is 5.44. The summed E-state index contributed by atoms with van der Waals surface area (Å²) in [7, 11) is 0.294. The molecule has 1 aromatic rings. The van der Waals surface area contributed by atoms with Crippen LogP contribution in [-0.2, 0) is 16.6 Å². The van der Waals surface area contributed by atoms with Crippen LogP contribution in [0.1, 0.15) is 19.4 Å². The Bertz CT molecular complexity index is 561. The first-order valence-corrected chi connectivity index (χ1v) is 9.20. The number of halogens is 1. The maximum atomic E-state index is 12.5. The number of likely N-dealkylation sites (N-methyl/N-ethyl adjacent to an activating group) is 1. The molecule has 1 aromatic carbocycles. The molecule has 0 aliphatic rings. The van der Waals surface area contributed by atoms with E-state index in [1.165, 1.54) is 0 Å². The highest BCUT2D eigenvalue weighted by atomic mass is 79.9. The van der Waals surface area contributed by atoms with Crippen LogP contribution in [0.25, 0.3) is 0 Å². The monoisotopic (exact) mass is 377 g/mol. The zero-order chi connectivity index (χ0) is 16.0. The van der Waals surface area contributed by atoms with E-state index in [0.717, 1.165) is 12.1 Å². The lowest BCUT2D eigenvalue weighted by Gasteiger charge is -2.19. The van der Waals surface area contributed by atoms with Crippen molar-refractivity contribution >= 4 is 26.0 Å². The van der Waals surface area contributed by atoms with Gasteiger partial charge >= 0.3 is 0 Å². The second-order valence-corrected chi connectivity index (χ2v) is 7.87. The molecule has 5 nitrogen and oxygen atoms in total. The average molecular weight is 378 g/mol. The van der Waals surface area contributed by atoms with Crippen molar-refractivity contribution in [1.82, 2.24) is 14.9 Å². The maximum absolute atomic E-state index is 12.5. The van der Waals surface area contributed by atoms with Gasteiger partial charge in [-0.25, -0.2) is 13.1 Å². The van der Waals surface area contributed by atoms with Crippen molar-refractivity contribution in [1.29, 1.82) is 0 Å². The lowest BCUT2D eigenvalue weighted by molar-refractivity contribution is 0.370. The largest absolute Gasteiger partial charge is 0.313 e. The van der Waals surface area contributed by atoms with Gasteiger partial charge in [0.15, 0.2) is 0 Å². The minimum Gasteiger partial charge on any atom is -0.313 e. The van der Waals surface area contributed by atoms with Gasteiger partial charge in [0.1, 0.15) is 0 Å². The van der Waals surface area contributed by atoms with Crippen molar-refractivity contribution < 1.29 is 8.42 Å². The van der Waals surface area contributed by atoms with Crippen molar-refractivity contribution in [2.75, 3.05) is 27.2 Å². The fraction of sp³-hybridized carbons (Fsp3) is 0.571. The quantitative estimate of drug-likeness (QED) is 0.724. The molecule has 0 bridgehead atoms. The molecular formula is C14H24BrN3O2S. The second-order valence-electron chi connectivity index (χ2n) is 5.33. The van der Waals surface area contributed by atoms with Gasteiger partial charge in [-0.15, -0.1) is 0 Å². The van der Waals surface area contributed by atoms with Crippen LogP contribution in [-0.4, -0.2) is 46.5 Å². The molecule has 21 heavy (non-hydrogen) atoms. The highest BCUT2D eigenvalue weighted by molar-refractivity contribution is 9.10. The van der Waals surface area contributed by atoms with Crippen LogP contribution in [0.5, 0.6) is 0 Å².